The van der Waals surface area contributed by atoms with Crippen LogP contribution in [0.2, 0.25) is 0 Å². The van der Waals surface area contributed by atoms with E-state index in [4.69, 9.17) is 15.7 Å². The molecule has 9 heteroatoms. The maximum absolute atomic E-state index is 14.4. The van der Waals surface area contributed by atoms with Crippen LogP contribution in [-0.4, -0.2) is 50.4 Å². The fourth-order valence-electron chi connectivity index (χ4n) is 6.76. The van der Waals surface area contributed by atoms with Gasteiger partial charge in [0.05, 0.1) is 23.2 Å². The van der Waals surface area contributed by atoms with Crippen LogP contribution in [-0.2, 0) is 9.59 Å². The topological polar surface area (TPSA) is 106 Å². The number of benzene rings is 1. The fourth-order valence-corrected chi connectivity index (χ4v) is 6.76. The Morgan fingerprint density at radius 1 is 1.10 bits per heavy atom. The number of fused-ring (bicyclic) bond motifs is 1. The van der Waals surface area contributed by atoms with E-state index in [9.17, 15) is 14.0 Å². The quantitative estimate of drug-likeness (QED) is 0.464. The van der Waals surface area contributed by atoms with Gasteiger partial charge in [-0.2, -0.15) is 0 Å². The highest BCUT2D eigenvalue weighted by molar-refractivity contribution is 5.93. The van der Waals surface area contributed by atoms with Crippen molar-refractivity contribution in [2.45, 2.75) is 77.3 Å². The Morgan fingerprint density at radius 2 is 1.85 bits per heavy atom. The molecule has 2 aromatic heterocycles. The van der Waals surface area contributed by atoms with Gasteiger partial charge in [-0.05, 0) is 83.2 Å². The molecule has 1 aromatic carbocycles. The third-order valence-corrected chi connectivity index (χ3v) is 8.97. The Balaban J connectivity index is 1.53. The smallest absolute Gasteiger partial charge is 0.238 e. The summed E-state index contributed by atoms with van der Waals surface area (Å²) in [6.45, 7) is 6.18. The number of nitrogens with one attached hydrogen (secondary N) is 1. The number of hydrogen-bond donors (Lipinski definition) is 2. The number of hydrogen-bond acceptors (Lipinski definition) is 5. The van der Waals surface area contributed by atoms with E-state index in [2.05, 4.69) is 5.32 Å². The van der Waals surface area contributed by atoms with Crippen molar-refractivity contribution in [3.8, 4) is 5.82 Å². The Bertz CT molecular complexity index is 1400. The maximum Gasteiger partial charge on any atom is 0.238 e. The molecule has 3 atom stereocenters. The first kappa shape index (κ1) is 27.2. The zero-order valence-electron chi connectivity index (χ0n) is 23.3. The molecule has 3 aromatic rings. The summed E-state index contributed by atoms with van der Waals surface area (Å²) in [7, 11) is 1.71. The normalized spacial score (nSPS) is 20.7. The minimum atomic E-state index is -1.14. The number of rotatable bonds is 7. The molecule has 5 rings (SSSR count). The molecule has 39 heavy (non-hydrogen) atoms. The van der Waals surface area contributed by atoms with Crippen LogP contribution in [0.4, 0.5) is 4.39 Å². The van der Waals surface area contributed by atoms with Crippen molar-refractivity contribution in [1.29, 1.82) is 0 Å². The summed E-state index contributed by atoms with van der Waals surface area (Å²) in [5.41, 5.74) is 7.36. The first-order valence-electron chi connectivity index (χ1n) is 14.1. The molecule has 2 fully saturated rings. The number of carbonyl (C=O) groups is 2. The number of likely N-dealkylation sites (tertiary alicyclic amines) is 1. The van der Waals surface area contributed by atoms with Gasteiger partial charge in [-0.3, -0.25) is 9.59 Å². The molecule has 2 amide bonds. The van der Waals surface area contributed by atoms with E-state index in [0.717, 1.165) is 67.1 Å². The number of primary amides is 1. The monoisotopic (exact) mass is 534 g/mol. The number of aromatic nitrogens is 3. The lowest BCUT2D eigenvalue weighted by atomic mass is 9.69. The molecule has 3 N–H and O–H groups in total. The number of nitrogens with zero attached hydrogens (tertiary/aromatic N) is 4. The highest BCUT2D eigenvalue weighted by Gasteiger charge is 2.50. The van der Waals surface area contributed by atoms with Crippen LogP contribution in [0.25, 0.3) is 16.7 Å². The maximum atomic E-state index is 14.4. The van der Waals surface area contributed by atoms with Crippen molar-refractivity contribution >= 4 is 22.7 Å². The van der Waals surface area contributed by atoms with Crippen molar-refractivity contribution < 1.29 is 14.0 Å². The summed E-state index contributed by atoms with van der Waals surface area (Å²) in [4.78, 5) is 38.5. The van der Waals surface area contributed by atoms with E-state index < -0.39 is 17.4 Å². The molecule has 3 heterocycles. The summed E-state index contributed by atoms with van der Waals surface area (Å²) >= 11 is 0. The molecule has 2 aliphatic rings. The number of amides is 2. The van der Waals surface area contributed by atoms with Crippen molar-refractivity contribution in [2.75, 3.05) is 13.6 Å². The van der Waals surface area contributed by atoms with Gasteiger partial charge >= 0.3 is 0 Å². The van der Waals surface area contributed by atoms with Crippen molar-refractivity contribution in [3.63, 3.8) is 0 Å². The van der Waals surface area contributed by atoms with Gasteiger partial charge in [-0.15, -0.1) is 0 Å². The molecular weight excluding hydrogens is 495 g/mol. The number of likely N-dealkylation sites (N-methyl/N-ethyl adjacent to an activating group) is 1. The minimum absolute atomic E-state index is 0.0319. The second-order valence-electron chi connectivity index (χ2n) is 11.4. The van der Waals surface area contributed by atoms with Crippen molar-refractivity contribution in [1.82, 2.24) is 24.8 Å². The van der Waals surface area contributed by atoms with Crippen molar-refractivity contribution in [3.05, 3.63) is 53.4 Å². The molecular formula is C30H39FN6O2. The van der Waals surface area contributed by atoms with Crippen LogP contribution in [0.1, 0.15) is 75.0 Å². The lowest BCUT2D eigenvalue weighted by Crippen LogP contribution is -2.63. The molecule has 208 valence electrons. The zero-order valence-corrected chi connectivity index (χ0v) is 23.3. The zero-order chi connectivity index (χ0) is 27.9. The van der Waals surface area contributed by atoms with Crippen LogP contribution in [0, 0.1) is 31.5 Å². The number of nitrogens with two attached hydrogens (primary N) is 1. The van der Waals surface area contributed by atoms with E-state index in [-0.39, 0.29) is 23.7 Å². The Hall–Kier alpha value is -3.33. The highest BCUT2D eigenvalue weighted by atomic mass is 19.1. The van der Waals surface area contributed by atoms with Crippen LogP contribution in [0.5, 0.6) is 0 Å². The molecule has 0 spiro atoms. The number of halogens is 1. The average Bonchev–Trinajstić information content (AvgIpc) is 3.54. The Morgan fingerprint density at radius 3 is 2.54 bits per heavy atom. The summed E-state index contributed by atoms with van der Waals surface area (Å²) in [6, 6.07) is 6.46. The van der Waals surface area contributed by atoms with Crippen LogP contribution in [0.15, 0.2) is 30.5 Å². The number of aryl methyl sites for hydroxylation is 2. The van der Waals surface area contributed by atoms with Gasteiger partial charge in [0.1, 0.15) is 23.0 Å². The minimum Gasteiger partial charge on any atom is -0.368 e. The molecule has 1 aliphatic heterocycles. The summed E-state index contributed by atoms with van der Waals surface area (Å²) in [6.07, 6.45) is 8.68. The Kier molecular flexibility index (Phi) is 7.46. The van der Waals surface area contributed by atoms with Crippen molar-refractivity contribution in [2.24, 2.45) is 17.6 Å². The van der Waals surface area contributed by atoms with E-state index in [1.54, 1.807) is 20.0 Å². The third-order valence-electron chi connectivity index (χ3n) is 8.97. The molecule has 1 unspecified atom stereocenters. The lowest BCUT2D eigenvalue weighted by Gasteiger charge is -2.42. The summed E-state index contributed by atoms with van der Waals surface area (Å²) in [5.74, 6) is 0.0165. The molecule has 1 saturated carbocycles. The van der Waals surface area contributed by atoms with Gasteiger partial charge in [0.15, 0.2) is 0 Å². The summed E-state index contributed by atoms with van der Waals surface area (Å²) in [5, 5.41) is 3.95. The van der Waals surface area contributed by atoms with E-state index in [0.29, 0.717) is 18.2 Å². The standard InChI is InChI=1S/C30H39FN6O2/c1-18-17-37(24-13-12-21(31)15-22(18)24)26-16-23(34-19(2)35-26)25-11-8-14-36(25)28(38)27(20-9-6-5-7-10-20)30(3,33-4)29(32)39/h12-13,15-17,20,25,27,33H,5-11,14H2,1-4H3,(H2,32,39)/t25-,27+,30?/m0/s1. The van der Waals surface area contributed by atoms with Gasteiger partial charge in [-0.25, -0.2) is 14.4 Å². The SMILES string of the molecule is CNC(C)(C(N)=O)[C@@H](C(=O)N1CCC[C@H]1c1cc(-n2cc(C)c3cc(F)ccc32)nc(C)n1)C1CCCCC1. The van der Waals surface area contributed by atoms with Crippen LogP contribution in [0.3, 0.4) is 0 Å². The first-order valence-corrected chi connectivity index (χ1v) is 14.1. The van der Waals surface area contributed by atoms with Crippen LogP contribution >= 0.6 is 0 Å². The first-order chi connectivity index (χ1) is 18.6. The van der Waals surface area contributed by atoms with Gasteiger partial charge in [0.2, 0.25) is 11.8 Å². The van der Waals surface area contributed by atoms with Gasteiger partial charge in [-0.1, -0.05) is 19.3 Å². The molecule has 0 bridgehead atoms. The highest BCUT2D eigenvalue weighted by Crippen LogP contribution is 2.41. The summed E-state index contributed by atoms with van der Waals surface area (Å²) < 4.78 is 15.9. The Labute approximate surface area is 229 Å². The lowest BCUT2D eigenvalue weighted by molar-refractivity contribution is -0.147. The average molecular weight is 535 g/mol. The molecule has 8 nitrogen and oxygen atoms in total. The second-order valence-corrected chi connectivity index (χ2v) is 11.4. The van der Waals surface area contributed by atoms with Gasteiger partial charge < -0.3 is 20.5 Å². The molecule has 1 saturated heterocycles. The van der Waals surface area contributed by atoms with Gasteiger partial charge in [0.25, 0.3) is 0 Å². The number of carbonyl (C=O) groups excluding carboxylic acids is 2. The van der Waals surface area contributed by atoms with Crippen LogP contribution < -0.4 is 11.1 Å². The largest absolute Gasteiger partial charge is 0.368 e. The predicted octanol–water partition coefficient (Wildman–Crippen LogP) is 4.50. The predicted molar refractivity (Wildman–Crippen MR) is 149 cm³/mol. The molecule has 1 aliphatic carbocycles. The van der Waals surface area contributed by atoms with Gasteiger partial charge in [0, 0.05) is 24.2 Å². The van der Waals surface area contributed by atoms with E-state index in [1.807, 2.05) is 35.6 Å². The van der Waals surface area contributed by atoms with E-state index in [1.165, 1.54) is 12.1 Å². The second kappa shape index (κ2) is 10.7. The molecule has 0 radical (unpaired) electrons. The van der Waals surface area contributed by atoms with E-state index >= 15 is 0 Å². The fraction of sp³-hybridized carbons (Fsp3) is 0.533. The third kappa shape index (κ3) is 4.93.